The van der Waals surface area contributed by atoms with Crippen molar-refractivity contribution in [3.63, 3.8) is 0 Å². The number of nitrogens with zero attached hydrogens (tertiary/aromatic N) is 5. The summed E-state index contributed by atoms with van der Waals surface area (Å²) >= 11 is 5.71. The lowest BCUT2D eigenvalue weighted by atomic mass is 10.1. The number of hydrogen-bond donors (Lipinski definition) is 3. The largest absolute Gasteiger partial charge is 0.433 e. The first-order valence-corrected chi connectivity index (χ1v) is 9.13. The van der Waals surface area contributed by atoms with Gasteiger partial charge < -0.3 is 15.7 Å². The second kappa shape index (κ2) is 8.55. The molecule has 31 heavy (non-hydrogen) atoms. The minimum atomic E-state index is -4.65. The van der Waals surface area contributed by atoms with Crippen molar-refractivity contribution in [3.05, 3.63) is 47.1 Å². The SMILES string of the molecule is CC(C)(O)CNc1nc(Nc2cnc(F)c(Cl)c2)nc(-c2cccc(C(F)(F)F)n2)n1. The molecule has 0 aromatic carbocycles. The number of hydrogen-bond acceptors (Lipinski definition) is 8. The van der Waals surface area contributed by atoms with Gasteiger partial charge in [0.15, 0.2) is 5.82 Å². The van der Waals surface area contributed by atoms with Crippen LogP contribution >= 0.6 is 11.6 Å². The van der Waals surface area contributed by atoms with E-state index in [1.54, 1.807) is 13.8 Å². The maximum Gasteiger partial charge on any atom is 0.433 e. The summed E-state index contributed by atoms with van der Waals surface area (Å²) in [5.74, 6) is -1.16. The molecule has 0 unspecified atom stereocenters. The second-order valence-electron chi connectivity index (χ2n) is 7.00. The van der Waals surface area contributed by atoms with Gasteiger partial charge in [-0.3, -0.25) is 0 Å². The van der Waals surface area contributed by atoms with Gasteiger partial charge in [0, 0.05) is 6.54 Å². The molecule has 8 nitrogen and oxygen atoms in total. The summed E-state index contributed by atoms with van der Waals surface area (Å²) in [7, 11) is 0. The Morgan fingerprint density at radius 1 is 1.06 bits per heavy atom. The Morgan fingerprint density at radius 2 is 1.77 bits per heavy atom. The molecule has 0 amide bonds. The van der Waals surface area contributed by atoms with Crippen molar-refractivity contribution in [2.75, 3.05) is 17.2 Å². The van der Waals surface area contributed by atoms with Crippen LogP contribution in [-0.4, -0.2) is 42.2 Å². The van der Waals surface area contributed by atoms with Gasteiger partial charge in [-0.2, -0.15) is 32.5 Å². The molecule has 3 N–H and O–H groups in total. The third-order valence-electron chi connectivity index (χ3n) is 3.64. The fourth-order valence-electron chi connectivity index (χ4n) is 2.26. The second-order valence-corrected chi connectivity index (χ2v) is 7.41. The van der Waals surface area contributed by atoms with E-state index >= 15 is 0 Å². The molecule has 0 fully saturated rings. The summed E-state index contributed by atoms with van der Waals surface area (Å²) in [5, 5.41) is 15.2. The van der Waals surface area contributed by atoms with Crippen molar-refractivity contribution >= 4 is 29.2 Å². The number of anilines is 3. The zero-order chi connectivity index (χ0) is 22.8. The standard InChI is InChI=1S/C18H16ClF4N7O/c1-17(2,31)8-25-15-28-14(11-4-3-5-12(27-11)18(21,22)23)29-16(30-15)26-9-6-10(19)13(20)24-7-9/h3-7,31H,8H2,1-2H3,(H2,25,26,28,29,30). The van der Waals surface area contributed by atoms with E-state index in [0.29, 0.717) is 0 Å². The summed E-state index contributed by atoms with van der Waals surface area (Å²) < 4.78 is 52.4. The first-order chi connectivity index (χ1) is 14.4. The number of aliphatic hydroxyl groups is 1. The molecule has 0 aliphatic rings. The fourth-order valence-corrected chi connectivity index (χ4v) is 2.42. The normalized spacial score (nSPS) is 12.0. The molecule has 0 saturated carbocycles. The molecule has 13 heteroatoms. The number of aromatic nitrogens is 5. The Labute approximate surface area is 178 Å². The molecule has 3 aromatic rings. The summed E-state index contributed by atoms with van der Waals surface area (Å²) in [6.45, 7) is 3.12. The monoisotopic (exact) mass is 457 g/mol. The third-order valence-corrected chi connectivity index (χ3v) is 3.90. The molecule has 0 saturated heterocycles. The smallest absolute Gasteiger partial charge is 0.389 e. The average molecular weight is 458 g/mol. The van der Waals surface area contributed by atoms with E-state index in [1.165, 1.54) is 18.2 Å². The maximum absolute atomic E-state index is 13.3. The number of rotatable bonds is 6. The Hall–Kier alpha value is -3.12. The van der Waals surface area contributed by atoms with Crippen LogP contribution in [0.1, 0.15) is 19.5 Å². The number of alkyl halides is 3. The Bertz CT molecular complexity index is 1090. The molecule has 0 atom stereocenters. The van der Waals surface area contributed by atoms with Crippen LogP contribution in [0.3, 0.4) is 0 Å². The van der Waals surface area contributed by atoms with E-state index in [4.69, 9.17) is 11.6 Å². The quantitative estimate of drug-likeness (QED) is 0.375. The van der Waals surface area contributed by atoms with Gasteiger partial charge in [-0.05, 0) is 32.0 Å². The van der Waals surface area contributed by atoms with Gasteiger partial charge in [-0.25, -0.2) is 9.97 Å². The molecule has 0 aliphatic carbocycles. The summed E-state index contributed by atoms with van der Waals surface area (Å²) in [5.41, 5.74) is -2.15. The Balaban J connectivity index is 2.01. The van der Waals surface area contributed by atoms with Crippen LogP contribution in [0.5, 0.6) is 0 Å². The molecule has 164 valence electrons. The van der Waals surface area contributed by atoms with E-state index < -0.39 is 23.4 Å². The number of nitrogens with one attached hydrogen (secondary N) is 2. The summed E-state index contributed by atoms with van der Waals surface area (Å²) in [6.07, 6.45) is -3.51. The number of halogens is 5. The summed E-state index contributed by atoms with van der Waals surface area (Å²) in [6, 6.07) is 4.55. The fraction of sp³-hybridized carbons (Fsp3) is 0.278. The van der Waals surface area contributed by atoms with Crippen LogP contribution in [0.2, 0.25) is 5.02 Å². The van der Waals surface area contributed by atoms with Gasteiger partial charge in [0.05, 0.1) is 22.5 Å². The predicted molar refractivity (Wildman–Crippen MR) is 105 cm³/mol. The molecular weight excluding hydrogens is 442 g/mol. The van der Waals surface area contributed by atoms with Crippen LogP contribution < -0.4 is 10.6 Å². The highest BCUT2D eigenvalue weighted by molar-refractivity contribution is 6.30. The van der Waals surface area contributed by atoms with E-state index in [9.17, 15) is 22.7 Å². The molecule has 0 aliphatic heterocycles. The van der Waals surface area contributed by atoms with E-state index in [0.717, 1.165) is 12.3 Å². The van der Waals surface area contributed by atoms with Gasteiger partial charge in [0.2, 0.25) is 17.8 Å². The third kappa shape index (κ3) is 6.18. The first kappa shape index (κ1) is 22.6. The molecule has 3 aromatic heterocycles. The van der Waals surface area contributed by atoms with Crippen LogP contribution in [-0.2, 0) is 6.18 Å². The molecule has 3 rings (SSSR count). The van der Waals surface area contributed by atoms with Crippen molar-refractivity contribution in [3.8, 4) is 11.5 Å². The minimum Gasteiger partial charge on any atom is -0.389 e. The van der Waals surface area contributed by atoms with Crippen molar-refractivity contribution in [2.24, 2.45) is 0 Å². The van der Waals surface area contributed by atoms with E-state index in [-0.39, 0.29) is 40.7 Å². The maximum atomic E-state index is 13.3. The van der Waals surface area contributed by atoms with E-state index in [1.807, 2.05) is 0 Å². The zero-order valence-electron chi connectivity index (χ0n) is 16.2. The Kier molecular flexibility index (Phi) is 6.23. The van der Waals surface area contributed by atoms with Crippen molar-refractivity contribution in [1.29, 1.82) is 0 Å². The van der Waals surface area contributed by atoms with Gasteiger partial charge in [-0.15, -0.1) is 0 Å². The molecular formula is C18H16ClF4N7O. The van der Waals surface area contributed by atoms with Crippen LogP contribution in [0.4, 0.5) is 35.1 Å². The lowest BCUT2D eigenvalue weighted by Crippen LogP contribution is -2.30. The molecule has 0 spiro atoms. The lowest BCUT2D eigenvalue weighted by Gasteiger charge is -2.18. The highest BCUT2D eigenvalue weighted by atomic mass is 35.5. The zero-order valence-corrected chi connectivity index (χ0v) is 16.9. The highest BCUT2D eigenvalue weighted by Gasteiger charge is 2.32. The van der Waals surface area contributed by atoms with Crippen molar-refractivity contribution in [1.82, 2.24) is 24.9 Å². The van der Waals surface area contributed by atoms with Gasteiger partial charge >= 0.3 is 6.18 Å². The molecule has 0 radical (unpaired) electrons. The van der Waals surface area contributed by atoms with Crippen LogP contribution in [0.15, 0.2) is 30.5 Å². The van der Waals surface area contributed by atoms with Crippen LogP contribution in [0, 0.1) is 5.95 Å². The summed E-state index contributed by atoms with van der Waals surface area (Å²) in [4.78, 5) is 19.3. The topological polar surface area (TPSA) is 109 Å². The lowest BCUT2D eigenvalue weighted by molar-refractivity contribution is -0.141. The number of pyridine rings is 2. The molecule has 3 heterocycles. The minimum absolute atomic E-state index is 0.0324. The van der Waals surface area contributed by atoms with Crippen molar-refractivity contribution in [2.45, 2.75) is 25.6 Å². The van der Waals surface area contributed by atoms with E-state index in [2.05, 4.69) is 35.6 Å². The molecule has 0 bridgehead atoms. The van der Waals surface area contributed by atoms with Gasteiger partial charge in [0.25, 0.3) is 0 Å². The first-order valence-electron chi connectivity index (χ1n) is 8.76. The van der Waals surface area contributed by atoms with Gasteiger partial charge in [-0.1, -0.05) is 17.7 Å². The van der Waals surface area contributed by atoms with Crippen LogP contribution in [0.25, 0.3) is 11.5 Å². The predicted octanol–water partition coefficient (Wildman–Crippen LogP) is 4.07. The van der Waals surface area contributed by atoms with Gasteiger partial charge in [0.1, 0.15) is 11.4 Å². The van der Waals surface area contributed by atoms with Crippen molar-refractivity contribution < 1.29 is 22.7 Å². The highest BCUT2D eigenvalue weighted by Crippen LogP contribution is 2.29. The average Bonchev–Trinajstić information content (AvgIpc) is 2.68. The Morgan fingerprint density at radius 3 is 2.42 bits per heavy atom.